The molecule has 2 aromatic carbocycles. The third-order valence-electron chi connectivity index (χ3n) is 6.92. The number of nitrogens with zero attached hydrogens (tertiary/aromatic N) is 1. The highest BCUT2D eigenvalue weighted by Gasteiger charge is 2.56. The van der Waals surface area contributed by atoms with Crippen molar-refractivity contribution in [3.05, 3.63) is 60.7 Å². The highest BCUT2D eigenvalue weighted by atomic mass is 28.4. The molecule has 0 spiro atoms. The lowest BCUT2D eigenvalue weighted by atomic mass is 9.99. The van der Waals surface area contributed by atoms with Gasteiger partial charge in [0.05, 0.1) is 18.8 Å². The van der Waals surface area contributed by atoms with E-state index in [1.807, 2.05) is 0 Å². The summed E-state index contributed by atoms with van der Waals surface area (Å²) >= 11 is 0. The van der Waals surface area contributed by atoms with Crippen LogP contribution in [0.5, 0.6) is 0 Å². The summed E-state index contributed by atoms with van der Waals surface area (Å²) in [7, 11) is -2.61. The Labute approximate surface area is 188 Å². The molecule has 5 heteroatoms. The lowest BCUT2D eigenvalue weighted by Crippen LogP contribution is -2.68. The van der Waals surface area contributed by atoms with E-state index in [1.54, 1.807) is 0 Å². The van der Waals surface area contributed by atoms with Crippen molar-refractivity contribution >= 4 is 18.7 Å². The number of likely N-dealkylation sites (tertiary alicyclic amines) is 1. The molecule has 0 aromatic heterocycles. The first kappa shape index (κ1) is 22.7. The van der Waals surface area contributed by atoms with E-state index in [2.05, 4.69) is 93.3 Å². The molecule has 0 bridgehead atoms. The fraction of sp³-hybridized carbons (Fsp3) is 0.538. The first-order chi connectivity index (χ1) is 14.9. The Morgan fingerprint density at radius 2 is 1.61 bits per heavy atom. The molecule has 4 atom stereocenters. The van der Waals surface area contributed by atoms with Gasteiger partial charge in [-0.2, -0.15) is 0 Å². The number of fused-ring (bicyclic) bond motifs is 1. The Kier molecular flexibility index (Phi) is 6.70. The second-order valence-electron chi connectivity index (χ2n) is 10.0. The Morgan fingerprint density at radius 1 is 1.03 bits per heavy atom. The largest absolute Gasteiger partial charge is 0.406 e. The molecule has 0 unspecified atom stereocenters. The molecule has 2 aliphatic heterocycles. The summed E-state index contributed by atoms with van der Waals surface area (Å²) in [6.45, 7) is 11.5. The number of piperidine rings is 1. The molecular weight excluding hydrogens is 402 g/mol. The normalized spacial score (nSPS) is 26.5. The van der Waals surface area contributed by atoms with Crippen molar-refractivity contribution in [2.45, 2.75) is 69.9 Å². The summed E-state index contributed by atoms with van der Waals surface area (Å²) in [4.78, 5) is 2.40. The number of benzene rings is 2. The van der Waals surface area contributed by atoms with Gasteiger partial charge in [-0.15, -0.1) is 0 Å². The average Bonchev–Trinajstić information content (AvgIpc) is 3.55. The van der Waals surface area contributed by atoms with Crippen LogP contribution in [0.2, 0.25) is 5.04 Å². The number of hydrogen-bond acceptors (Lipinski definition) is 4. The van der Waals surface area contributed by atoms with Gasteiger partial charge in [0, 0.05) is 6.54 Å². The predicted octanol–water partition coefficient (Wildman–Crippen LogP) is 3.18. The maximum atomic E-state index is 11.1. The zero-order valence-electron chi connectivity index (χ0n) is 19.3. The van der Waals surface area contributed by atoms with Crippen LogP contribution < -0.4 is 10.4 Å². The minimum atomic E-state index is -2.61. The highest BCUT2D eigenvalue weighted by Crippen LogP contribution is 2.39. The third kappa shape index (κ3) is 4.39. The van der Waals surface area contributed by atoms with Gasteiger partial charge in [-0.3, -0.25) is 4.90 Å². The molecule has 1 N–H and O–H groups in total. The second-order valence-corrected chi connectivity index (χ2v) is 14.3. The topological polar surface area (TPSA) is 45.2 Å². The van der Waals surface area contributed by atoms with Crippen molar-refractivity contribution in [1.82, 2.24) is 4.90 Å². The SMILES string of the molecule is CCCCN1C[C@H]2O[C@H]2[C@H](O)[C@H]1CO[Si](c1ccccc1)(c1ccccc1)C(C)(C)C. The van der Waals surface area contributed by atoms with Gasteiger partial charge in [-0.1, -0.05) is 94.8 Å². The van der Waals surface area contributed by atoms with Gasteiger partial charge in [-0.05, 0) is 28.4 Å². The van der Waals surface area contributed by atoms with Gasteiger partial charge in [0.25, 0.3) is 8.32 Å². The molecule has 2 heterocycles. The average molecular weight is 440 g/mol. The molecule has 4 rings (SSSR count). The summed E-state index contributed by atoms with van der Waals surface area (Å²) in [6, 6.07) is 21.4. The number of aliphatic hydroxyl groups excluding tert-OH is 1. The van der Waals surface area contributed by atoms with Crippen molar-refractivity contribution in [1.29, 1.82) is 0 Å². The molecular formula is C26H37NO3Si. The van der Waals surface area contributed by atoms with Crippen molar-refractivity contribution in [3.8, 4) is 0 Å². The van der Waals surface area contributed by atoms with Crippen LogP contribution in [0.3, 0.4) is 0 Å². The second kappa shape index (κ2) is 9.16. The lowest BCUT2D eigenvalue weighted by molar-refractivity contribution is -0.00177. The summed E-state index contributed by atoms with van der Waals surface area (Å²) in [6.07, 6.45) is 1.94. The predicted molar refractivity (Wildman–Crippen MR) is 129 cm³/mol. The summed E-state index contributed by atoms with van der Waals surface area (Å²) in [5, 5.41) is 13.5. The Hall–Kier alpha value is -1.50. The molecule has 168 valence electrons. The molecule has 2 fully saturated rings. The number of ether oxygens (including phenoxy) is 1. The van der Waals surface area contributed by atoms with E-state index in [0.29, 0.717) is 6.61 Å². The Morgan fingerprint density at radius 3 is 2.13 bits per heavy atom. The monoisotopic (exact) mass is 439 g/mol. The van der Waals surface area contributed by atoms with Crippen LogP contribution >= 0.6 is 0 Å². The van der Waals surface area contributed by atoms with Gasteiger partial charge in [0.1, 0.15) is 12.2 Å². The molecule has 0 amide bonds. The van der Waals surface area contributed by atoms with Crippen molar-refractivity contribution in [2.75, 3.05) is 19.7 Å². The van der Waals surface area contributed by atoms with Crippen LogP contribution in [0.1, 0.15) is 40.5 Å². The third-order valence-corrected chi connectivity index (χ3v) is 11.9. The minimum Gasteiger partial charge on any atom is -0.406 e. The first-order valence-electron chi connectivity index (χ1n) is 11.7. The lowest BCUT2D eigenvalue weighted by Gasteiger charge is -2.45. The van der Waals surface area contributed by atoms with Gasteiger partial charge in [0.2, 0.25) is 0 Å². The van der Waals surface area contributed by atoms with Crippen LogP contribution in [0.15, 0.2) is 60.7 Å². The molecule has 0 radical (unpaired) electrons. The van der Waals surface area contributed by atoms with Crippen molar-refractivity contribution < 1.29 is 14.3 Å². The molecule has 0 aliphatic carbocycles. The first-order valence-corrected chi connectivity index (χ1v) is 13.6. The van der Waals surface area contributed by atoms with Gasteiger partial charge < -0.3 is 14.3 Å². The summed E-state index contributed by atoms with van der Waals surface area (Å²) in [5.41, 5.74) is 0. The minimum absolute atomic E-state index is 0.0226. The number of rotatable bonds is 8. The Balaban J connectivity index is 1.69. The van der Waals surface area contributed by atoms with Gasteiger partial charge in [0.15, 0.2) is 0 Å². The maximum absolute atomic E-state index is 11.1. The fourth-order valence-corrected chi connectivity index (χ4v) is 9.78. The fourth-order valence-electron chi connectivity index (χ4n) is 5.20. The van der Waals surface area contributed by atoms with E-state index in [0.717, 1.165) is 25.9 Å². The summed E-state index contributed by atoms with van der Waals surface area (Å²) < 4.78 is 12.9. The standard InChI is InChI=1S/C26H37NO3Si/c1-5-6-17-27-18-23-25(30-23)24(28)22(27)19-29-31(26(2,3)4,20-13-9-7-10-14-20)21-15-11-8-12-16-21/h7-16,22-25,28H,5-6,17-19H2,1-4H3/t22-,23-,24-,25-/m1/s1. The molecule has 2 saturated heterocycles. The van der Waals surface area contributed by atoms with E-state index in [-0.39, 0.29) is 23.3 Å². The van der Waals surface area contributed by atoms with Crippen molar-refractivity contribution in [3.63, 3.8) is 0 Å². The van der Waals surface area contributed by atoms with E-state index in [9.17, 15) is 5.11 Å². The van der Waals surface area contributed by atoms with E-state index in [4.69, 9.17) is 9.16 Å². The number of epoxide rings is 1. The zero-order chi connectivity index (χ0) is 22.1. The van der Waals surface area contributed by atoms with Crippen LogP contribution in [0.25, 0.3) is 0 Å². The molecule has 4 nitrogen and oxygen atoms in total. The molecule has 0 saturated carbocycles. The van der Waals surface area contributed by atoms with E-state index < -0.39 is 14.4 Å². The number of unbranched alkanes of at least 4 members (excludes halogenated alkanes) is 1. The van der Waals surface area contributed by atoms with Crippen molar-refractivity contribution in [2.24, 2.45) is 0 Å². The molecule has 2 aromatic rings. The van der Waals surface area contributed by atoms with Gasteiger partial charge >= 0.3 is 0 Å². The van der Waals surface area contributed by atoms with Gasteiger partial charge in [-0.25, -0.2) is 0 Å². The van der Waals surface area contributed by atoms with E-state index >= 15 is 0 Å². The maximum Gasteiger partial charge on any atom is 0.261 e. The zero-order valence-corrected chi connectivity index (χ0v) is 20.3. The Bertz CT molecular complexity index is 799. The quantitative estimate of drug-likeness (QED) is 0.507. The van der Waals surface area contributed by atoms with Crippen LogP contribution in [0, 0.1) is 0 Å². The summed E-state index contributed by atoms with van der Waals surface area (Å²) in [5.74, 6) is 0. The number of hydrogen-bond donors (Lipinski definition) is 1. The number of aliphatic hydroxyl groups is 1. The molecule has 31 heavy (non-hydrogen) atoms. The molecule has 2 aliphatic rings. The van der Waals surface area contributed by atoms with E-state index in [1.165, 1.54) is 10.4 Å². The van der Waals surface area contributed by atoms with Crippen LogP contribution in [-0.2, 0) is 9.16 Å². The smallest absolute Gasteiger partial charge is 0.261 e. The van der Waals surface area contributed by atoms with Crippen LogP contribution in [-0.4, -0.2) is 62.4 Å². The van der Waals surface area contributed by atoms with Crippen LogP contribution in [0.4, 0.5) is 0 Å². The highest BCUT2D eigenvalue weighted by molar-refractivity contribution is 6.99.